The molecule has 2 nitrogen and oxygen atoms in total. The number of nitrogen functional groups attached to an aromatic ring is 1. The minimum Gasteiger partial charge on any atom is -0.399 e. The van der Waals surface area contributed by atoms with Gasteiger partial charge in [-0.2, -0.15) is 13.2 Å². The molecule has 16 heavy (non-hydrogen) atoms. The van der Waals surface area contributed by atoms with Crippen LogP contribution in [0, 0.1) is 5.82 Å². The standard InChI is InChI=1S/C10H10F4N2/c1-2-8(16)6-3-5(15)4-7(9(6)11)10(12,13)14/h2-4,8H,1,15-16H2/t8-/m1/s1. The highest BCUT2D eigenvalue weighted by Gasteiger charge is 2.35. The molecule has 0 aliphatic rings. The zero-order chi connectivity index (χ0) is 12.5. The van der Waals surface area contributed by atoms with Crippen LogP contribution in [0.2, 0.25) is 0 Å². The first-order valence-electron chi connectivity index (χ1n) is 4.31. The first-order valence-corrected chi connectivity index (χ1v) is 4.31. The molecule has 0 heterocycles. The Labute approximate surface area is 89.5 Å². The van der Waals surface area contributed by atoms with E-state index in [1.54, 1.807) is 0 Å². The van der Waals surface area contributed by atoms with Gasteiger partial charge in [0.25, 0.3) is 0 Å². The Hall–Kier alpha value is -1.56. The van der Waals surface area contributed by atoms with E-state index in [1.165, 1.54) is 0 Å². The summed E-state index contributed by atoms with van der Waals surface area (Å²) < 4.78 is 50.7. The van der Waals surface area contributed by atoms with Crippen molar-refractivity contribution in [3.8, 4) is 0 Å². The molecule has 0 saturated heterocycles. The zero-order valence-corrected chi connectivity index (χ0v) is 8.18. The topological polar surface area (TPSA) is 52.0 Å². The van der Waals surface area contributed by atoms with E-state index in [4.69, 9.17) is 11.5 Å². The van der Waals surface area contributed by atoms with Gasteiger partial charge in [-0.1, -0.05) is 6.08 Å². The summed E-state index contributed by atoms with van der Waals surface area (Å²) in [7, 11) is 0. The van der Waals surface area contributed by atoms with E-state index < -0.39 is 23.6 Å². The Morgan fingerprint density at radius 1 is 1.31 bits per heavy atom. The molecule has 0 aliphatic carbocycles. The monoisotopic (exact) mass is 234 g/mol. The van der Waals surface area contributed by atoms with Gasteiger partial charge in [0, 0.05) is 11.3 Å². The zero-order valence-electron chi connectivity index (χ0n) is 8.18. The van der Waals surface area contributed by atoms with Crippen LogP contribution >= 0.6 is 0 Å². The highest BCUT2D eigenvalue weighted by molar-refractivity contribution is 5.48. The van der Waals surface area contributed by atoms with E-state index in [2.05, 4.69) is 6.58 Å². The molecule has 1 aromatic carbocycles. The Morgan fingerprint density at radius 3 is 2.31 bits per heavy atom. The van der Waals surface area contributed by atoms with E-state index in [-0.39, 0.29) is 11.3 Å². The normalized spacial score (nSPS) is 13.6. The second kappa shape index (κ2) is 4.13. The van der Waals surface area contributed by atoms with Gasteiger partial charge in [-0.3, -0.25) is 0 Å². The molecule has 88 valence electrons. The quantitative estimate of drug-likeness (QED) is 0.469. The van der Waals surface area contributed by atoms with Crippen LogP contribution in [0.3, 0.4) is 0 Å². The van der Waals surface area contributed by atoms with E-state index in [0.29, 0.717) is 6.07 Å². The van der Waals surface area contributed by atoms with Gasteiger partial charge in [-0.25, -0.2) is 4.39 Å². The number of nitrogens with two attached hydrogens (primary N) is 2. The van der Waals surface area contributed by atoms with Gasteiger partial charge in [0.1, 0.15) is 5.82 Å². The molecule has 0 amide bonds. The van der Waals surface area contributed by atoms with Crippen molar-refractivity contribution in [2.45, 2.75) is 12.2 Å². The average molecular weight is 234 g/mol. The molecule has 1 rings (SSSR count). The molecule has 0 aliphatic heterocycles. The molecule has 6 heteroatoms. The molecule has 1 aromatic rings. The summed E-state index contributed by atoms with van der Waals surface area (Å²) in [5.41, 5.74) is 8.73. The van der Waals surface area contributed by atoms with Crippen LogP contribution in [0.5, 0.6) is 0 Å². The minimum atomic E-state index is -4.80. The summed E-state index contributed by atoms with van der Waals surface area (Å²) in [6.07, 6.45) is -3.66. The van der Waals surface area contributed by atoms with Crippen molar-refractivity contribution in [3.05, 3.63) is 41.7 Å². The smallest absolute Gasteiger partial charge is 0.399 e. The van der Waals surface area contributed by atoms with E-state index in [9.17, 15) is 17.6 Å². The van der Waals surface area contributed by atoms with Gasteiger partial charge in [-0.15, -0.1) is 6.58 Å². The lowest BCUT2D eigenvalue weighted by Crippen LogP contribution is -2.15. The van der Waals surface area contributed by atoms with Gasteiger partial charge in [0.15, 0.2) is 0 Å². The molecule has 0 fully saturated rings. The van der Waals surface area contributed by atoms with Crippen molar-refractivity contribution in [3.63, 3.8) is 0 Å². The maximum absolute atomic E-state index is 13.5. The molecular formula is C10H10F4N2. The number of hydrogen-bond donors (Lipinski definition) is 2. The highest BCUT2D eigenvalue weighted by atomic mass is 19.4. The van der Waals surface area contributed by atoms with Crippen LogP contribution in [0.15, 0.2) is 24.8 Å². The predicted octanol–water partition coefficient (Wildman–Crippen LogP) is 2.61. The Kier molecular flexibility index (Phi) is 3.23. The maximum atomic E-state index is 13.5. The van der Waals surface area contributed by atoms with Crippen LogP contribution < -0.4 is 11.5 Å². The van der Waals surface area contributed by atoms with Crippen molar-refractivity contribution in [2.24, 2.45) is 5.73 Å². The molecule has 0 bridgehead atoms. The van der Waals surface area contributed by atoms with Gasteiger partial charge >= 0.3 is 6.18 Å². The molecule has 4 N–H and O–H groups in total. The number of halogens is 4. The van der Waals surface area contributed by atoms with Crippen LogP contribution in [0.25, 0.3) is 0 Å². The molecule has 0 spiro atoms. The van der Waals surface area contributed by atoms with Crippen LogP contribution in [-0.2, 0) is 6.18 Å². The molecular weight excluding hydrogens is 224 g/mol. The summed E-state index contributed by atoms with van der Waals surface area (Å²) in [5.74, 6) is -1.41. The van der Waals surface area contributed by atoms with Crippen LogP contribution in [0.1, 0.15) is 17.2 Å². The lowest BCUT2D eigenvalue weighted by Gasteiger charge is -2.15. The molecule has 0 saturated carbocycles. The maximum Gasteiger partial charge on any atom is 0.419 e. The predicted molar refractivity (Wildman–Crippen MR) is 52.9 cm³/mol. The Balaban J connectivity index is 3.43. The summed E-state index contributed by atoms with van der Waals surface area (Å²) in [4.78, 5) is 0. The summed E-state index contributed by atoms with van der Waals surface area (Å²) in [6.45, 7) is 3.29. The SMILES string of the molecule is C=C[C@@H](N)c1cc(N)cc(C(F)(F)F)c1F. The second-order valence-corrected chi connectivity index (χ2v) is 3.23. The summed E-state index contributed by atoms with van der Waals surface area (Å²) in [5, 5.41) is 0. The number of hydrogen-bond acceptors (Lipinski definition) is 2. The fourth-order valence-corrected chi connectivity index (χ4v) is 1.25. The van der Waals surface area contributed by atoms with Crippen molar-refractivity contribution < 1.29 is 17.6 Å². The van der Waals surface area contributed by atoms with E-state index >= 15 is 0 Å². The third-order valence-electron chi connectivity index (χ3n) is 2.04. The number of alkyl halides is 3. The number of rotatable bonds is 2. The molecule has 0 unspecified atom stereocenters. The Morgan fingerprint density at radius 2 is 1.88 bits per heavy atom. The first kappa shape index (κ1) is 12.5. The lowest BCUT2D eigenvalue weighted by molar-refractivity contribution is -0.140. The van der Waals surface area contributed by atoms with Crippen LogP contribution in [-0.4, -0.2) is 0 Å². The van der Waals surface area contributed by atoms with Crippen molar-refractivity contribution in [1.82, 2.24) is 0 Å². The Bertz CT molecular complexity index is 412. The van der Waals surface area contributed by atoms with Gasteiger partial charge in [0.05, 0.1) is 11.6 Å². The summed E-state index contributed by atoms with van der Waals surface area (Å²) >= 11 is 0. The molecule has 1 atom stereocenters. The molecule has 0 aromatic heterocycles. The van der Waals surface area contributed by atoms with Crippen molar-refractivity contribution in [1.29, 1.82) is 0 Å². The van der Waals surface area contributed by atoms with Gasteiger partial charge < -0.3 is 11.5 Å². The first-order chi connectivity index (χ1) is 7.27. The largest absolute Gasteiger partial charge is 0.419 e. The number of anilines is 1. The minimum absolute atomic E-state index is 0.193. The summed E-state index contributed by atoms with van der Waals surface area (Å²) in [6, 6.07) is 0.579. The lowest BCUT2D eigenvalue weighted by atomic mass is 10.0. The average Bonchev–Trinajstić information content (AvgIpc) is 2.18. The highest BCUT2D eigenvalue weighted by Crippen LogP contribution is 2.35. The van der Waals surface area contributed by atoms with Crippen molar-refractivity contribution in [2.75, 3.05) is 5.73 Å². The second-order valence-electron chi connectivity index (χ2n) is 3.23. The van der Waals surface area contributed by atoms with E-state index in [0.717, 1.165) is 12.1 Å². The number of benzene rings is 1. The third-order valence-corrected chi connectivity index (χ3v) is 2.04. The molecule has 0 radical (unpaired) electrons. The van der Waals surface area contributed by atoms with Crippen LogP contribution in [0.4, 0.5) is 23.2 Å². The van der Waals surface area contributed by atoms with Crippen molar-refractivity contribution >= 4 is 5.69 Å². The van der Waals surface area contributed by atoms with E-state index in [1.807, 2.05) is 0 Å². The van der Waals surface area contributed by atoms with Gasteiger partial charge in [-0.05, 0) is 12.1 Å². The third kappa shape index (κ3) is 2.33. The fraction of sp³-hybridized carbons (Fsp3) is 0.200. The van der Waals surface area contributed by atoms with Gasteiger partial charge in [0.2, 0.25) is 0 Å². The fourth-order valence-electron chi connectivity index (χ4n) is 1.25.